The molecule has 2 aliphatic rings. The number of carbonyl (C=O) groups is 2. The van der Waals surface area contributed by atoms with Crippen molar-refractivity contribution >= 4 is 11.9 Å². The SMILES string of the molecule is Cc1occc1CN(C)C(=O)[C@H]1C2C=CC(C2)[C@H]1C(=O)O. The van der Waals surface area contributed by atoms with E-state index in [0.29, 0.717) is 6.54 Å². The van der Waals surface area contributed by atoms with Crippen LogP contribution in [0.1, 0.15) is 17.7 Å². The summed E-state index contributed by atoms with van der Waals surface area (Å²) in [5.41, 5.74) is 0.955. The number of nitrogens with zero attached hydrogens (tertiary/aromatic N) is 1. The largest absolute Gasteiger partial charge is 0.481 e. The molecule has 1 N–H and O–H groups in total. The number of fused-ring (bicyclic) bond motifs is 2. The molecule has 5 nitrogen and oxygen atoms in total. The van der Waals surface area contributed by atoms with Crippen LogP contribution < -0.4 is 0 Å². The zero-order valence-electron chi connectivity index (χ0n) is 12.2. The maximum Gasteiger partial charge on any atom is 0.307 e. The number of amides is 1. The van der Waals surface area contributed by atoms with Crippen LogP contribution in [-0.4, -0.2) is 28.9 Å². The Kier molecular flexibility index (Phi) is 3.35. The first-order valence-corrected chi connectivity index (χ1v) is 7.18. The number of furan rings is 1. The fourth-order valence-electron chi connectivity index (χ4n) is 3.66. The van der Waals surface area contributed by atoms with Crippen LogP contribution >= 0.6 is 0 Å². The Morgan fingerprint density at radius 3 is 2.57 bits per heavy atom. The summed E-state index contributed by atoms with van der Waals surface area (Å²) >= 11 is 0. The average molecular weight is 289 g/mol. The van der Waals surface area contributed by atoms with Gasteiger partial charge in [-0.1, -0.05) is 12.2 Å². The number of allylic oxidation sites excluding steroid dienone is 2. The van der Waals surface area contributed by atoms with E-state index in [-0.39, 0.29) is 17.7 Å². The van der Waals surface area contributed by atoms with Gasteiger partial charge in [-0.2, -0.15) is 0 Å². The minimum atomic E-state index is -0.863. The molecule has 0 spiro atoms. The van der Waals surface area contributed by atoms with Crippen LogP contribution in [0.5, 0.6) is 0 Å². The Morgan fingerprint density at radius 1 is 1.33 bits per heavy atom. The predicted octanol–water partition coefficient (Wildman–Crippen LogP) is 2.07. The molecule has 5 heteroatoms. The minimum absolute atomic E-state index is 0.00510. The molecule has 0 radical (unpaired) electrons. The van der Waals surface area contributed by atoms with Crippen molar-refractivity contribution in [1.29, 1.82) is 0 Å². The number of carboxylic acids is 1. The number of carboxylic acid groups (broad SMARTS) is 1. The minimum Gasteiger partial charge on any atom is -0.481 e. The van der Waals surface area contributed by atoms with Crippen molar-refractivity contribution in [3.05, 3.63) is 35.8 Å². The summed E-state index contributed by atoms with van der Waals surface area (Å²) in [6.45, 7) is 2.30. The highest BCUT2D eigenvalue weighted by atomic mass is 16.4. The lowest BCUT2D eigenvalue weighted by Crippen LogP contribution is -2.40. The van der Waals surface area contributed by atoms with Gasteiger partial charge in [0.15, 0.2) is 0 Å². The lowest BCUT2D eigenvalue weighted by atomic mass is 9.82. The first-order chi connectivity index (χ1) is 9.99. The van der Waals surface area contributed by atoms with E-state index in [9.17, 15) is 14.7 Å². The van der Waals surface area contributed by atoms with E-state index in [0.717, 1.165) is 17.7 Å². The number of rotatable bonds is 4. The average Bonchev–Trinajstić information content (AvgIpc) is 3.13. The molecular formula is C16H19NO4. The standard InChI is InChI=1S/C16H19NO4/c1-9-12(5-6-21-9)8-17(2)15(18)13-10-3-4-11(7-10)14(13)16(19)20/h3-6,10-11,13-14H,7-8H2,1-2H3,(H,19,20)/t10?,11?,13-,14+/m0/s1. The quantitative estimate of drug-likeness (QED) is 0.861. The second kappa shape index (κ2) is 5.06. The van der Waals surface area contributed by atoms with Crippen LogP contribution in [-0.2, 0) is 16.1 Å². The fraction of sp³-hybridized carbons (Fsp3) is 0.500. The summed E-state index contributed by atoms with van der Waals surface area (Å²) in [5, 5.41) is 9.42. The van der Waals surface area contributed by atoms with Crippen molar-refractivity contribution < 1.29 is 19.1 Å². The van der Waals surface area contributed by atoms with E-state index in [1.54, 1.807) is 18.2 Å². The Bertz CT molecular complexity index is 603. The summed E-state index contributed by atoms with van der Waals surface area (Å²) in [5.74, 6) is -1.10. The number of aliphatic carboxylic acids is 1. The second-order valence-electron chi connectivity index (χ2n) is 6.03. The molecule has 2 aliphatic carbocycles. The molecule has 21 heavy (non-hydrogen) atoms. The Hall–Kier alpha value is -2.04. The van der Waals surface area contributed by atoms with Gasteiger partial charge in [0, 0.05) is 19.2 Å². The van der Waals surface area contributed by atoms with Gasteiger partial charge in [-0.25, -0.2) is 0 Å². The number of hydrogen-bond donors (Lipinski definition) is 1. The molecule has 1 fully saturated rings. The second-order valence-corrected chi connectivity index (χ2v) is 6.03. The molecule has 112 valence electrons. The topological polar surface area (TPSA) is 70.8 Å². The molecule has 2 unspecified atom stereocenters. The van der Waals surface area contributed by atoms with E-state index < -0.39 is 17.8 Å². The summed E-state index contributed by atoms with van der Waals surface area (Å²) in [7, 11) is 1.73. The molecule has 2 bridgehead atoms. The van der Waals surface area contributed by atoms with Crippen LogP contribution in [0.4, 0.5) is 0 Å². The normalized spacial score (nSPS) is 29.8. The predicted molar refractivity (Wildman–Crippen MR) is 75.3 cm³/mol. The third kappa shape index (κ3) is 2.26. The first kappa shape index (κ1) is 13.9. The van der Waals surface area contributed by atoms with Gasteiger partial charge in [0.05, 0.1) is 18.1 Å². The molecule has 1 amide bonds. The maximum absolute atomic E-state index is 12.7. The number of hydrogen-bond acceptors (Lipinski definition) is 3. The molecule has 1 aromatic heterocycles. The Morgan fingerprint density at radius 2 is 2.00 bits per heavy atom. The molecule has 0 saturated heterocycles. The van der Waals surface area contributed by atoms with Gasteiger partial charge in [0.25, 0.3) is 0 Å². The van der Waals surface area contributed by atoms with Crippen molar-refractivity contribution in [3.63, 3.8) is 0 Å². The third-order valence-corrected chi connectivity index (χ3v) is 4.78. The van der Waals surface area contributed by atoms with E-state index in [1.807, 2.05) is 25.1 Å². The monoisotopic (exact) mass is 289 g/mol. The van der Waals surface area contributed by atoms with Gasteiger partial charge >= 0.3 is 5.97 Å². The molecule has 0 aliphatic heterocycles. The molecule has 1 heterocycles. The van der Waals surface area contributed by atoms with E-state index in [1.165, 1.54) is 0 Å². The van der Waals surface area contributed by atoms with Gasteiger partial charge in [-0.3, -0.25) is 9.59 Å². The van der Waals surface area contributed by atoms with Gasteiger partial charge in [-0.05, 0) is 31.2 Å². The van der Waals surface area contributed by atoms with Gasteiger partial charge in [0.2, 0.25) is 5.91 Å². The highest BCUT2D eigenvalue weighted by Gasteiger charge is 2.52. The fourth-order valence-corrected chi connectivity index (χ4v) is 3.66. The van der Waals surface area contributed by atoms with Gasteiger partial charge in [-0.15, -0.1) is 0 Å². The summed E-state index contributed by atoms with van der Waals surface area (Å²) in [6.07, 6.45) is 6.34. The van der Waals surface area contributed by atoms with Crippen LogP contribution in [0.25, 0.3) is 0 Å². The third-order valence-electron chi connectivity index (χ3n) is 4.78. The van der Waals surface area contributed by atoms with Crippen molar-refractivity contribution in [2.75, 3.05) is 7.05 Å². The molecule has 4 atom stereocenters. The van der Waals surface area contributed by atoms with Crippen LogP contribution in [0.15, 0.2) is 28.9 Å². The van der Waals surface area contributed by atoms with Gasteiger partial charge < -0.3 is 14.4 Å². The summed E-state index contributed by atoms with van der Waals surface area (Å²) in [4.78, 5) is 25.8. The smallest absolute Gasteiger partial charge is 0.307 e. The highest BCUT2D eigenvalue weighted by molar-refractivity contribution is 5.86. The van der Waals surface area contributed by atoms with E-state index in [4.69, 9.17) is 4.42 Å². The molecular weight excluding hydrogens is 270 g/mol. The lowest BCUT2D eigenvalue weighted by Gasteiger charge is -2.28. The Balaban J connectivity index is 1.76. The van der Waals surface area contributed by atoms with Gasteiger partial charge in [0.1, 0.15) is 5.76 Å². The molecule has 0 aromatic carbocycles. The van der Waals surface area contributed by atoms with Crippen molar-refractivity contribution in [2.45, 2.75) is 19.9 Å². The zero-order chi connectivity index (χ0) is 15.1. The van der Waals surface area contributed by atoms with Crippen LogP contribution in [0.2, 0.25) is 0 Å². The number of aryl methyl sites for hydroxylation is 1. The van der Waals surface area contributed by atoms with Crippen molar-refractivity contribution in [3.8, 4) is 0 Å². The van der Waals surface area contributed by atoms with E-state index >= 15 is 0 Å². The van der Waals surface area contributed by atoms with E-state index in [2.05, 4.69) is 0 Å². The van der Waals surface area contributed by atoms with Crippen molar-refractivity contribution in [2.24, 2.45) is 23.7 Å². The molecule has 1 saturated carbocycles. The zero-order valence-corrected chi connectivity index (χ0v) is 12.2. The Labute approximate surface area is 123 Å². The van der Waals surface area contributed by atoms with Crippen LogP contribution in [0.3, 0.4) is 0 Å². The first-order valence-electron chi connectivity index (χ1n) is 7.18. The maximum atomic E-state index is 12.7. The highest BCUT2D eigenvalue weighted by Crippen LogP contribution is 2.48. The van der Waals surface area contributed by atoms with Crippen LogP contribution in [0, 0.1) is 30.6 Å². The lowest BCUT2D eigenvalue weighted by molar-refractivity contribution is -0.150. The van der Waals surface area contributed by atoms with Crippen molar-refractivity contribution in [1.82, 2.24) is 4.90 Å². The summed E-state index contributed by atoms with van der Waals surface area (Å²) < 4.78 is 5.24. The number of carbonyl (C=O) groups excluding carboxylic acids is 1. The molecule has 3 rings (SSSR count). The molecule has 1 aromatic rings. The summed E-state index contributed by atoms with van der Waals surface area (Å²) in [6, 6.07) is 1.84.